The summed E-state index contributed by atoms with van der Waals surface area (Å²) < 4.78 is 10.9. The van der Waals surface area contributed by atoms with E-state index in [4.69, 9.17) is 15.2 Å². The van der Waals surface area contributed by atoms with E-state index in [0.717, 1.165) is 21.9 Å². The number of nitrogens with two attached hydrogens (primary N) is 1. The molecule has 0 saturated heterocycles. The summed E-state index contributed by atoms with van der Waals surface area (Å²) in [6.45, 7) is 1.62. The van der Waals surface area contributed by atoms with E-state index in [1.165, 1.54) is 7.11 Å². The Morgan fingerprint density at radius 2 is 1.76 bits per heavy atom. The Balaban J connectivity index is 2.14. The highest BCUT2D eigenvalue weighted by Crippen LogP contribution is 2.38. The number of benzene rings is 3. The third kappa shape index (κ3) is 3.21. The second-order valence-electron chi connectivity index (χ2n) is 5.71. The number of hydrogen-bond acceptors (Lipinski definition) is 4. The largest absolute Gasteiger partial charge is 0.504 e. The van der Waals surface area contributed by atoms with Crippen molar-refractivity contribution in [1.29, 1.82) is 0 Å². The van der Waals surface area contributed by atoms with Crippen LogP contribution in [0.4, 0.5) is 0 Å². The molecule has 3 N–H and O–H groups in total. The van der Waals surface area contributed by atoms with Gasteiger partial charge in [0.2, 0.25) is 0 Å². The third-order valence-electron chi connectivity index (χ3n) is 4.08. The normalized spacial score (nSPS) is 11.9. The molecule has 5 heteroatoms. The standard InChI is InChI=1S/C20H19NO4/c1-12(20(21)23)25-18-10-8-14(15-5-3-4-6-16(15)18)13-7-9-17(22)19(11-13)24-2/h3-12,22H,1-2H3,(H2,21,23). The number of methoxy groups -OCH3 is 1. The SMILES string of the molecule is COc1cc(-c2ccc(OC(C)C(N)=O)c3ccccc23)ccc1O. The van der Waals surface area contributed by atoms with Gasteiger partial charge in [0.1, 0.15) is 5.75 Å². The van der Waals surface area contributed by atoms with Gasteiger partial charge in [-0.15, -0.1) is 0 Å². The molecule has 1 unspecified atom stereocenters. The number of ether oxygens (including phenoxy) is 2. The van der Waals surface area contributed by atoms with Crippen LogP contribution < -0.4 is 15.2 Å². The molecule has 0 fully saturated rings. The lowest BCUT2D eigenvalue weighted by molar-refractivity contribution is -0.123. The molecule has 1 amide bonds. The van der Waals surface area contributed by atoms with Gasteiger partial charge in [0.15, 0.2) is 17.6 Å². The zero-order valence-corrected chi connectivity index (χ0v) is 14.0. The summed E-state index contributed by atoms with van der Waals surface area (Å²) in [5, 5.41) is 11.6. The number of amides is 1. The maximum atomic E-state index is 11.3. The maximum Gasteiger partial charge on any atom is 0.258 e. The molecule has 1 atom stereocenters. The van der Waals surface area contributed by atoms with Gasteiger partial charge in [-0.3, -0.25) is 4.79 Å². The molecule has 0 heterocycles. The van der Waals surface area contributed by atoms with Crippen LogP contribution in [0.25, 0.3) is 21.9 Å². The molecule has 3 aromatic rings. The second-order valence-corrected chi connectivity index (χ2v) is 5.71. The first-order chi connectivity index (χ1) is 12.0. The molecule has 3 aromatic carbocycles. The van der Waals surface area contributed by atoms with Crippen molar-refractivity contribution in [3.05, 3.63) is 54.6 Å². The van der Waals surface area contributed by atoms with E-state index in [1.807, 2.05) is 42.5 Å². The molecule has 3 rings (SSSR count). The smallest absolute Gasteiger partial charge is 0.258 e. The van der Waals surface area contributed by atoms with Gasteiger partial charge in [0, 0.05) is 5.39 Å². The molecular weight excluding hydrogens is 318 g/mol. The molecule has 0 bridgehead atoms. The van der Waals surface area contributed by atoms with Gasteiger partial charge in [0.05, 0.1) is 7.11 Å². The Morgan fingerprint density at radius 3 is 2.44 bits per heavy atom. The van der Waals surface area contributed by atoms with E-state index in [-0.39, 0.29) is 5.75 Å². The number of phenolic OH excluding ortho intramolecular Hbond substituents is 1. The number of phenols is 1. The molecule has 128 valence electrons. The molecule has 25 heavy (non-hydrogen) atoms. The number of carbonyl (C=O) groups is 1. The van der Waals surface area contributed by atoms with Crippen LogP contribution in [-0.2, 0) is 4.79 Å². The average Bonchev–Trinajstić information content (AvgIpc) is 2.62. The molecule has 0 aliphatic carbocycles. The van der Waals surface area contributed by atoms with Crippen molar-refractivity contribution < 1.29 is 19.4 Å². The lowest BCUT2D eigenvalue weighted by Gasteiger charge is -2.16. The van der Waals surface area contributed by atoms with Crippen LogP contribution in [0.1, 0.15) is 6.92 Å². The topological polar surface area (TPSA) is 81.8 Å². The van der Waals surface area contributed by atoms with Crippen LogP contribution in [-0.4, -0.2) is 24.2 Å². The number of rotatable bonds is 5. The van der Waals surface area contributed by atoms with Crippen molar-refractivity contribution in [1.82, 2.24) is 0 Å². The van der Waals surface area contributed by atoms with Crippen LogP contribution in [0, 0.1) is 0 Å². The van der Waals surface area contributed by atoms with E-state index < -0.39 is 12.0 Å². The van der Waals surface area contributed by atoms with Gasteiger partial charge in [-0.2, -0.15) is 0 Å². The highest BCUT2D eigenvalue weighted by molar-refractivity contribution is 6.00. The molecule has 0 aromatic heterocycles. The lowest BCUT2D eigenvalue weighted by Crippen LogP contribution is -2.30. The minimum atomic E-state index is -0.719. The number of hydrogen-bond donors (Lipinski definition) is 2. The molecule has 0 aliphatic heterocycles. The van der Waals surface area contributed by atoms with Gasteiger partial charge in [-0.05, 0) is 41.6 Å². The Hall–Kier alpha value is -3.21. The molecule has 0 saturated carbocycles. The summed E-state index contributed by atoms with van der Waals surface area (Å²) in [4.78, 5) is 11.3. The Bertz CT molecular complexity index is 936. The predicted octanol–water partition coefficient (Wildman–Crippen LogP) is 3.47. The Kier molecular flexibility index (Phi) is 4.48. The molecule has 5 nitrogen and oxygen atoms in total. The number of fused-ring (bicyclic) bond motifs is 1. The van der Waals surface area contributed by atoms with Gasteiger partial charge in [-0.1, -0.05) is 36.4 Å². The number of carbonyl (C=O) groups excluding carboxylic acids is 1. The zero-order valence-electron chi connectivity index (χ0n) is 14.0. The van der Waals surface area contributed by atoms with E-state index in [2.05, 4.69) is 0 Å². The van der Waals surface area contributed by atoms with E-state index in [1.54, 1.807) is 19.1 Å². The van der Waals surface area contributed by atoms with Crippen LogP contribution in [0.2, 0.25) is 0 Å². The van der Waals surface area contributed by atoms with Crippen LogP contribution in [0.15, 0.2) is 54.6 Å². The summed E-state index contributed by atoms with van der Waals surface area (Å²) in [6, 6.07) is 16.7. The second kappa shape index (κ2) is 6.73. The van der Waals surface area contributed by atoms with Crippen molar-refractivity contribution in [3.63, 3.8) is 0 Å². The van der Waals surface area contributed by atoms with Crippen molar-refractivity contribution in [3.8, 4) is 28.4 Å². The number of aromatic hydroxyl groups is 1. The maximum absolute atomic E-state index is 11.3. The molecular formula is C20H19NO4. The minimum absolute atomic E-state index is 0.0887. The predicted molar refractivity (Wildman–Crippen MR) is 96.9 cm³/mol. The highest BCUT2D eigenvalue weighted by Gasteiger charge is 2.15. The van der Waals surface area contributed by atoms with Crippen LogP contribution >= 0.6 is 0 Å². The van der Waals surface area contributed by atoms with Crippen molar-refractivity contribution in [2.45, 2.75) is 13.0 Å². The van der Waals surface area contributed by atoms with E-state index >= 15 is 0 Å². The highest BCUT2D eigenvalue weighted by atomic mass is 16.5. The summed E-state index contributed by atoms with van der Waals surface area (Å²) in [6.07, 6.45) is -0.719. The molecule has 0 aliphatic rings. The van der Waals surface area contributed by atoms with Gasteiger partial charge < -0.3 is 20.3 Å². The fourth-order valence-electron chi connectivity index (χ4n) is 2.72. The van der Waals surface area contributed by atoms with Crippen LogP contribution in [0.5, 0.6) is 17.2 Å². The van der Waals surface area contributed by atoms with E-state index in [9.17, 15) is 9.90 Å². The average molecular weight is 337 g/mol. The van der Waals surface area contributed by atoms with Crippen molar-refractivity contribution in [2.24, 2.45) is 5.73 Å². The summed E-state index contributed by atoms with van der Waals surface area (Å²) >= 11 is 0. The number of primary amides is 1. The quantitative estimate of drug-likeness (QED) is 0.747. The van der Waals surface area contributed by atoms with Crippen molar-refractivity contribution >= 4 is 16.7 Å². The van der Waals surface area contributed by atoms with E-state index in [0.29, 0.717) is 11.5 Å². The Morgan fingerprint density at radius 1 is 1.04 bits per heavy atom. The third-order valence-corrected chi connectivity index (χ3v) is 4.08. The van der Waals surface area contributed by atoms with Gasteiger partial charge in [0.25, 0.3) is 5.91 Å². The fourth-order valence-corrected chi connectivity index (χ4v) is 2.72. The fraction of sp³-hybridized carbons (Fsp3) is 0.150. The van der Waals surface area contributed by atoms with Crippen molar-refractivity contribution in [2.75, 3.05) is 7.11 Å². The summed E-state index contributed by atoms with van der Waals surface area (Å²) in [5.74, 6) is 0.572. The first-order valence-corrected chi connectivity index (χ1v) is 7.86. The zero-order chi connectivity index (χ0) is 18.0. The minimum Gasteiger partial charge on any atom is -0.504 e. The Labute approximate surface area is 145 Å². The lowest BCUT2D eigenvalue weighted by atomic mass is 9.97. The van der Waals surface area contributed by atoms with Gasteiger partial charge >= 0.3 is 0 Å². The molecule has 0 spiro atoms. The first kappa shape index (κ1) is 16.6. The molecule has 0 radical (unpaired) electrons. The summed E-state index contributed by atoms with van der Waals surface area (Å²) in [5.41, 5.74) is 7.16. The summed E-state index contributed by atoms with van der Waals surface area (Å²) in [7, 11) is 1.51. The van der Waals surface area contributed by atoms with Crippen LogP contribution in [0.3, 0.4) is 0 Å². The first-order valence-electron chi connectivity index (χ1n) is 7.86. The van der Waals surface area contributed by atoms with Gasteiger partial charge in [-0.25, -0.2) is 0 Å². The monoisotopic (exact) mass is 337 g/mol.